The van der Waals surface area contributed by atoms with Gasteiger partial charge in [-0.05, 0) is 38.1 Å². The van der Waals surface area contributed by atoms with Crippen LogP contribution in [-0.2, 0) is 10.8 Å². The molecule has 1 heterocycles. The summed E-state index contributed by atoms with van der Waals surface area (Å²) in [7, 11) is 3.24. The van der Waals surface area contributed by atoms with Crippen molar-refractivity contribution in [2.45, 2.75) is 24.6 Å². The summed E-state index contributed by atoms with van der Waals surface area (Å²) in [6.07, 6.45) is 3.26. The van der Waals surface area contributed by atoms with E-state index in [0.717, 1.165) is 10.0 Å². The van der Waals surface area contributed by atoms with Gasteiger partial charge in [0.15, 0.2) is 0 Å². The number of hydrogen-bond donors (Lipinski definition) is 2. The molecule has 22 heavy (non-hydrogen) atoms. The van der Waals surface area contributed by atoms with Crippen molar-refractivity contribution in [3.8, 4) is 11.8 Å². The smallest absolute Gasteiger partial charge is 0.137 e. The second-order valence-corrected chi connectivity index (χ2v) is 7.27. The van der Waals surface area contributed by atoms with Crippen LogP contribution in [0.5, 0.6) is 0 Å². The van der Waals surface area contributed by atoms with Gasteiger partial charge in [-0.1, -0.05) is 27.8 Å². The fraction of sp³-hybridized carbons (Fsp3) is 0.312. The van der Waals surface area contributed by atoms with Gasteiger partial charge in [-0.25, -0.2) is 4.98 Å². The average Bonchev–Trinajstić information content (AvgIpc) is 2.96. The standard InChI is InChI=1S/C16H16BrN2O2Si/c1-15(11-20,8-7-12-3-5-13(17)6-4-12)19-10-9-18-14(19)16(2,21)22/h3-6,9-10,20-21H,11H2,1-2H3/t15-,16+/m1/s1. The quantitative estimate of drug-likeness (QED) is 0.634. The minimum Gasteiger partial charge on any atom is -0.393 e. The van der Waals surface area contributed by atoms with E-state index >= 15 is 0 Å². The summed E-state index contributed by atoms with van der Waals surface area (Å²) >= 11 is 3.38. The minimum atomic E-state index is -1.31. The first-order valence-corrected chi connectivity index (χ1v) is 7.97. The van der Waals surface area contributed by atoms with Gasteiger partial charge < -0.3 is 14.8 Å². The molecule has 0 saturated carbocycles. The van der Waals surface area contributed by atoms with Crippen LogP contribution in [0, 0.1) is 11.8 Å². The minimum absolute atomic E-state index is 0.206. The SMILES string of the molecule is C[C@](O)([Si])c1nccn1[C@](C)(C#Cc1ccc(Br)cc1)CO. The number of aliphatic hydroxyl groups excluding tert-OH is 1. The lowest BCUT2D eigenvalue weighted by molar-refractivity contribution is 0.119. The maximum absolute atomic E-state index is 10.1. The van der Waals surface area contributed by atoms with Crippen LogP contribution in [0.2, 0.25) is 0 Å². The molecular formula is C16H16BrN2O2Si. The fourth-order valence-electron chi connectivity index (χ4n) is 1.98. The molecule has 0 aliphatic rings. The van der Waals surface area contributed by atoms with E-state index in [1.54, 1.807) is 30.8 Å². The molecule has 0 unspecified atom stereocenters. The molecule has 2 rings (SSSR count). The molecule has 1 aromatic carbocycles. The Hall–Kier alpha value is -1.39. The van der Waals surface area contributed by atoms with Crippen LogP contribution < -0.4 is 0 Å². The highest BCUT2D eigenvalue weighted by Crippen LogP contribution is 2.23. The molecule has 0 bridgehead atoms. The lowest BCUT2D eigenvalue weighted by Crippen LogP contribution is -2.38. The summed E-state index contributed by atoms with van der Waals surface area (Å²) in [5, 5.41) is 18.6. The van der Waals surface area contributed by atoms with Gasteiger partial charge in [0.1, 0.15) is 16.6 Å². The van der Waals surface area contributed by atoms with Gasteiger partial charge in [0.05, 0.1) is 16.8 Å². The first kappa shape index (κ1) is 17.0. The molecule has 2 N–H and O–H groups in total. The summed E-state index contributed by atoms with van der Waals surface area (Å²) in [6.45, 7) is 3.16. The number of aromatic nitrogens is 2. The molecule has 113 valence electrons. The number of halogens is 1. The summed E-state index contributed by atoms with van der Waals surface area (Å²) in [5.41, 5.74) is -0.0510. The normalized spacial score (nSPS) is 16.3. The molecular weight excluding hydrogens is 360 g/mol. The van der Waals surface area contributed by atoms with Crippen molar-refractivity contribution in [2.24, 2.45) is 0 Å². The molecule has 0 saturated heterocycles. The van der Waals surface area contributed by atoms with E-state index in [0.29, 0.717) is 5.82 Å². The first-order valence-electron chi connectivity index (χ1n) is 6.67. The Bertz CT molecular complexity index is 710. The summed E-state index contributed by atoms with van der Waals surface area (Å²) < 4.78 is 2.65. The summed E-state index contributed by atoms with van der Waals surface area (Å²) in [5.74, 6) is 6.51. The molecule has 6 heteroatoms. The lowest BCUT2D eigenvalue weighted by atomic mass is 10.0. The van der Waals surface area contributed by atoms with Crippen LogP contribution in [-0.4, -0.2) is 36.6 Å². The van der Waals surface area contributed by atoms with Gasteiger partial charge in [-0.3, -0.25) is 0 Å². The van der Waals surface area contributed by atoms with Crippen LogP contribution >= 0.6 is 15.9 Å². The number of imidazole rings is 1. The Kier molecular flexibility index (Phi) is 4.92. The zero-order chi connectivity index (χ0) is 16.4. The van der Waals surface area contributed by atoms with Crippen LogP contribution in [0.15, 0.2) is 41.1 Å². The van der Waals surface area contributed by atoms with Gasteiger partial charge in [0.25, 0.3) is 0 Å². The summed E-state index contributed by atoms with van der Waals surface area (Å²) in [4.78, 5) is 4.15. The van der Waals surface area contributed by atoms with Crippen molar-refractivity contribution in [2.75, 3.05) is 6.61 Å². The van der Waals surface area contributed by atoms with E-state index in [9.17, 15) is 10.2 Å². The van der Waals surface area contributed by atoms with E-state index in [4.69, 9.17) is 0 Å². The summed E-state index contributed by atoms with van der Waals surface area (Å²) in [6, 6.07) is 7.60. The third-order valence-electron chi connectivity index (χ3n) is 3.24. The molecule has 2 aromatic rings. The molecule has 3 radical (unpaired) electrons. The molecule has 0 spiro atoms. The van der Waals surface area contributed by atoms with Crippen LogP contribution in [0.25, 0.3) is 0 Å². The van der Waals surface area contributed by atoms with Crippen molar-refractivity contribution >= 4 is 26.2 Å². The average molecular weight is 376 g/mol. The van der Waals surface area contributed by atoms with Crippen LogP contribution in [0.3, 0.4) is 0 Å². The van der Waals surface area contributed by atoms with Gasteiger partial charge >= 0.3 is 0 Å². The topological polar surface area (TPSA) is 58.3 Å². The van der Waals surface area contributed by atoms with Gasteiger partial charge in [0.2, 0.25) is 0 Å². The number of nitrogens with zero attached hydrogens (tertiary/aromatic N) is 2. The van der Waals surface area contributed by atoms with E-state index in [1.165, 1.54) is 0 Å². The second kappa shape index (κ2) is 6.38. The van der Waals surface area contributed by atoms with Gasteiger partial charge in [-0.15, -0.1) is 0 Å². The Morgan fingerprint density at radius 1 is 1.32 bits per heavy atom. The highest BCUT2D eigenvalue weighted by molar-refractivity contribution is 9.10. The largest absolute Gasteiger partial charge is 0.393 e. The highest BCUT2D eigenvalue weighted by atomic mass is 79.9. The Balaban J connectivity index is 2.42. The molecule has 4 nitrogen and oxygen atoms in total. The molecule has 2 atom stereocenters. The molecule has 0 aliphatic carbocycles. The Morgan fingerprint density at radius 3 is 2.50 bits per heavy atom. The predicted octanol–water partition coefficient (Wildman–Crippen LogP) is 1.74. The lowest BCUT2D eigenvalue weighted by Gasteiger charge is -2.29. The molecule has 1 aromatic heterocycles. The highest BCUT2D eigenvalue weighted by Gasteiger charge is 2.31. The monoisotopic (exact) mass is 375 g/mol. The third kappa shape index (κ3) is 3.68. The maximum Gasteiger partial charge on any atom is 0.137 e. The first-order chi connectivity index (χ1) is 10.3. The Labute approximate surface area is 141 Å². The zero-order valence-electron chi connectivity index (χ0n) is 12.3. The maximum atomic E-state index is 10.1. The van der Waals surface area contributed by atoms with Crippen molar-refractivity contribution in [3.05, 3.63) is 52.5 Å². The van der Waals surface area contributed by atoms with Crippen LogP contribution in [0.1, 0.15) is 25.2 Å². The van der Waals surface area contributed by atoms with Crippen LogP contribution in [0.4, 0.5) is 0 Å². The fourth-order valence-corrected chi connectivity index (χ4v) is 2.43. The molecule has 0 amide bonds. The third-order valence-corrected chi connectivity index (χ3v) is 3.99. The van der Waals surface area contributed by atoms with Gasteiger partial charge in [-0.2, -0.15) is 0 Å². The number of aliphatic hydroxyl groups is 2. The number of hydrogen-bond acceptors (Lipinski definition) is 3. The predicted molar refractivity (Wildman–Crippen MR) is 89.3 cm³/mol. The van der Waals surface area contributed by atoms with E-state index < -0.39 is 10.8 Å². The molecule has 0 aliphatic heterocycles. The van der Waals surface area contributed by atoms with E-state index in [1.807, 2.05) is 24.3 Å². The number of benzene rings is 1. The number of rotatable bonds is 3. The van der Waals surface area contributed by atoms with Crippen molar-refractivity contribution in [1.29, 1.82) is 0 Å². The zero-order valence-corrected chi connectivity index (χ0v) is 14.9. The van der Waals surface area contributed by atoms with E-state index in [-0.39, 0.29) is 6.61 Å². The Morgan fingerprint density at radius 2 is 1.95 bits per heavy atom. The second-order valence-electron chi connectivity index (χ2n) is 5.38. The molecule has 0 fully saturated rings. The van der Waals surface area contributed by atoms with Crippen molar-refractivity contribution in [1.82, 2.24) is 9.55 Å². The van der Waals surface area contributed by atoms with Crippen molar-refractivity contribution < 1.29 is 10.2 Å². The van der Waals surface area contributed by atoms with Gasteiger partial charge in [0, 0.05) is 22.4 Å². The van der Waals surface area contributed by atoms with E-state index in [2.05, 4.69) is 43.0 Å². The van der Waals surface area contributed by atoms with Crippen molar-refractivity contribution in [3.63, 3.8) is 0 Å².